The molecule has 0 radical (unpaired) electrons. The highest BCUT2D eigenvalue weighted by Crippen LogP contribution is 2.35. The minimum Gasteiger partial charge on any atom is -0.440 e. The first-order valence-electron chi connectivity index (χ1n) is 7.55. The number of nitrogens with zero attached hydrogens (tertiary/aromatic N) is 2. The molecule has 1 atom stereocenters. The maximum Gasteiger partial charge on any atom is 0.245 e. The van der Waals surface area contributed by atoms with Crippen molar-refractivity contribution in [1.29, 1.82) is 0 Å². The van der Waals surface area contributed by atoms with Gasteiger partial charge in [0.15, 0.2) is 0 Å². The molecule has 23 heavy (non-hydrogen) atoms. The number of fused-ring (bicyclic) bond motifs is 1. The Morgan fingerprint density at radius 2 is 1.91 bits per heavy atom. The fourth-order valence-electron chi connectivity index (χ4n) is 3.07. The Hall–Kier alpha value is -2.56. The summed E-state index contributed by atoms with van der Waals surface area (Å²) in [5, 5.41) is 0. The third-order valence-electron chi connectivity index (χ3n) is 4.18. The van der Waals surface area contributed by atoms with Gasteiger partial charge in [-0.05, 0) is 48.6 Å². The van der Waals surface area contributed by atoms with Gasteiger partial charge in [-0.3, -0.25) is 4.98 Å². The molecule has 4 rings (SSSR count). The van der Waals surface area contributed by atoms with E-state index in [2.05, 4.69) is 9.97 Å². The summed E-state index contributed by atoms with van der Waals surface area (Å²) in [7, 11) is 0. The number of hydrogen-bond acceptors (Lipinski definition) is 3. The number of hydrogen-bond donors (Lipinski definition) is 0. The van der Waals surface area contributed by atoms with E-state index in [0.717, 1.165) is 30.4 Å². The predicted molar refractivity (Wildman–Crippen MR) is 80.9 cm³/mol. The van der Waals surface area contributed by atoms with Crippen LogP contribution in [-0.2, 0) is 12.8 Å². The van der Waals surface area contributed by atoms with Crippen LogP contribution in [0.4, 0.5) is 8.78 Å². The zero-order valence-electron chi connectivity index (χ0n) is 12.3. The van der Waals surface area contributed by atoms with Gasteiger partial charge < -0.3 is 4.42 Å². The van der Waals surface area contributed by atoms with E-state index in [1.807, 2.05) is 18.2 Å². The van der Waals surface area contributed by atoms with Crippen LogP contribution in [0.15, 0.2) is 47.0 Å². The van der Waals surface area contributed by atoms with Crippen molar-refractivity contribution in [3.05, 3.63) is 71.2 Å². The van der Waals surface area contributed by atoms with E-state index >= 15 is 0 Å². The van der Waals surface area contributed by atoms with Gasteiger partial charge in [0.2, 0.25) is 5.89 Å². The number of oxazole rings is 1. The summed E-state index contributed by atoms with van der Waals surface area (Å²) < 4.78 is 32.7. The van der Waals surface area contributed by atoms with Gasteiger partial charge in [0.1, 0.15) is 23.1 Å². The zero-order valence-corrected chi connectivity index (χ0v) is 12.3. The van der Waals surface area contributed by atoms with Gasteiger partial charge in [0.25, 0.3) is 0 Å². The Morgan fingerprint density at radius 3 is 2.65 bits per heavy atom. The van der Waals surface area contributed by atoms with Crippen LogP contribution in [0.3, 0.4) is 0 Å². The quantitative estimate of drug-likeness (QED) is 0.708. The molecule has 1 aromatic carbocycles. The second kappa shape index (κ2) is 5.57. The summed E-state index contributed by atoms with van der Waals surface area (Å²) in [6, 6.07) is 9.25. The van der Waals surface area contributed by atoms with Crippen LogP contribution in [0, 0.1) is 11.6 Å². The van der Waals surface area contributed by atoms with Gasteiger partial charge in [-0.2, -0.15) is 0 Å². The molecule has 0 spiro atoms. The van der Waals surface area contributed by atoms with Crippen molar-refractivity contribution in [3.63, 3.8) is 0 Å². The van der Waals surface area contributed by atoms with Crippen molar-refractivity contribution in [3.8, 4) is 11.6 Å². The summed E-state index contributed by atoms with van der Waals surface area (Å²) >= 11 is 0. The van der Waals surface area contributed by atoms with Crippen molar-refractivity contribution in [1.82, 2.24) is 9.97 Å². The highest BCUT2D eigenvalue weighted by Gasteiger charge is 2.26. The van der Waals surface area contributed by atoms with E-state index in [9.17, 15) is 8.78 Å². The molecule has 2 heterocycles. The lowest BCUT2D eigenvalue weighted by molar-refractivity contribution is 0.454. The van der Waals surface area contributed by atoms with Gasteiger partial charge in [-0.15, -0.1) is 0 Å². The average molecular weight is 312 g/mol. The summed E-state index contributed by atoms with van der Waals surface area (Å²) in [6.45, 7) is 0. The first kappa shape index (κ1) is 14.1. The van der Waals surface area contributed by atoms with E-state index in [-0.39, 0.29) is 5.92 Å². The fourth-order valence-corrected chi connectivity index (χ4v) is 3.07. The molecule has 0 aliphatic heterocycles. The van der Waals surface area contributed by atoms with E-state index in [0.29, 0.717) is 23.6 Å². The molecular formula is C18H14F2N2O. The molecule has 1 aliphatic rings. The molecule has 116 valence electrons. The number of aryl methyl sites for hydroxylation is 1. The van der Waals surface area contributed by atoms with Gasteiger partial charge in [0.05, 0.1) is 5.69 Å². The predicted octanol–water partition coefficient (Wildman–Crippen LogP) is 4.29. The monoisotopic (exact) mass is 312 g/mol. The molecule has 0 bridgehead atoms. The van der Waals surface area contributed by atoms with Crippen LogP contribution in [0.1, 0.15) is 29.4 Å². The van der Waals surface area contributed by atoms with Gasteiger partial charge >= 0.3 is 0 Å². The minimum absolute atomic E-state index is 0.0391. The molecule has 0 saturated carbocycles. The first-order chi connectivity index (χ1) is 11.2. The molecule has 1 aliphatic carbocycles. The number of halogens is 2. The molecule has 0 fully saturated rings. The molecule has 3 aromatic rings. The standard InChI is InChI=1S/C18H14F2N2O/c19-13-7-12(8-14(20)10-13)11-4-5-15-17(9-11)23-18(22-15)16-3-1-2-6-21-16/h1-3,6-8,10-11H,4-5,9H2. The maximum atomic E-state index is 13.4. The lowest BCUT2D eigenvalue weighted by Crippen LogP contribution is -2.12. The van der Waals surface area contributed by atoms with E-state index < -0.39 is 11.6 Å². The summed E-state index contributed by atoms with van der Waals surface area (Å²) in [6.07, 6.45) is 3.81. The fraction of sp³-hybridized carbons (Fsp3) is 0.222. The highest BCUT2D eigenvalue weighted by atomic mass is 19.1. The second-order valence-corrected chi connectivity index (χ2v) is 5.75. The largest absolute Gasteiger partial charge is 0.440 e. The van der Waals surface area contributed by atoms with Crippen molar-refractivity contribution in [2.45, 2.75) is 25.2 Å². The normalized spacial score (nSPS) is 17.0. The number of aromatic nitrogens is 2. The smallest absolute Gasteiger partial charge is 0.245 e. The molecule has 3 nitrogen and oxygen atoms in total. The SMILES string of the molecule is Fc1cc(F)cc(C2CCc3nc(-c4ccccn4)oc3C2)c1. The van der Waals surface area contributed by atoms with Gasteiger partial charge in [0, 0.05) is 18.7 Å². The van der Waals surface area contributed by atoms with E-state index in [1.165, 1.54) is 12.1 Å². The molecule has 5 heteroatoms. The Morgan fingerprint density at radius 1 is 1.09 bits per heavy atom. The van der Waals surface area contributed by atoms with Crippen molar-refractivity contribution in [2.24, 2.45) is 0 Å². The Kier molecular flexibility index (Phi) is 3.41. The molecule has 0 N–H and O–H groups in total. The first-order valence-corrected chi connectivity index (χ1v) is 7.55. The van der Waals surface area contributed by atoms with Crippen LogP contribution in [-0.4, -0.2) is 9.97 Å². The zero-order chi connectivity index (χ0) is 15.8. The van der Waals surface area contributed by atoms with Crippen LogP contribution in [0.25, 0.3) is 11.6 Å². The van der Waals surface area contributed by atoms with Crippen LogP contribution in [0.5, 0.6) is 0 Å². The Labute approximate surface area is 132 Å². The number of pyridine rings is 1. The third-order valence-corrected chi connectivity index (χ3v) is 4.18. The lowest BCUT2D eigenvalue weighted by Gasteiger charge is -2.20. The van der Waals surface area contributed by atoms with E-state index in [1.54, 1.807) is 6.20 Å². The second-order valence-electron chi connectivity index (χ2n) is 5.75. The number of benzene rings is 1. The number of rotatable bonds is 2. The minimum atomic E-state index is -0.544. The molecular weight excluding hydrogens is 298 g/mol. The molecule has 0 amide bonds. The average Bonchev–Trinajstić information content (AvgIpc) is 2.98. The maximum absolute atomic E-state index is 13.4. The van der Waals surface area contributed by atoms with Crippen LogP contribution < -0.4 is 0 Å². The van der Waals surface area contributed by atoms with Gasteiger partial charge in [-0.1, -0.05) is 6.07 Å². The lowest BCUT2D eigenvalue weighted by atomic mass is 9.85. The molecule has 1 unspecified atom stereocenters. The topological polar surface area (TPSA) is 38.9 Å². The Balaban J connectivity index is 1.63. The molecule has 2 aromatic heterocycles. The highest BCUT2D eigenvalue weighted by molar-refractivity contribution is 5.47. The van der Waals surface area contributed by atoms with Crippen molar-refractivity contribution < 1.29 is 13.2 Å². The van der Waals surface area contributed by atoms with Crippen molar-refractivity contribution >= 4 is 0 Å². The van der Waals surface area contributed by atoms with Crippen molar-refractivity contribution in [2.75, 3.05) is 0 Å². The van der Waals surface area contributed by atoms with Crippen LogP contribution in [0.2, 0.25) is 0 Å². The molecule has 0 saturated heterocycles. The van der Waals surface area contributed by atoms with E-state index in [4.69, 9.17) is 4.42 Å². The summed E-state index contributed by atoms with van der Waals surface area (Å²) in [5.74, 6) is 0.237. The summed E-state index contributed by atoms with van der Waals surface area (Å²) in [5.41, 5.74) is 2.28. The third kappa shape index (κ3) is 2.74. The van der Waals surface area contributed by atoms with Crippen LogP contribution >= 0.6 is 0 Å². The Bertz CT molecular complexity index is 825. The van der Waals surface area contributed by atoms with Gasteiger partial charge in [-0.25, -0.2) is 13.8 Å². The summed E-state index contributed by atoms with van der Waals surface area (Å²) in [4.78, 5) is 8.74.